The van der Waals surface area contributed by atoms with Gasteiger partial charge in [-0.05, 0) is 6.92 Å². The Hall–Kier alpha value is -0.770. The Morgan fingerprint density at radius 1 is 1.77 bits per heavy atom. The van der Waals surface area contributed by atoms with E-state index in [4.69, 9.17) is 4.74 Å². The minimum atomic E-state index is -0.275. The molecule has 1 amide bonds. The molecule has 4 heteroatoms. The van der Waals surface area contributed by atoms with Crippen molar-refractivity contribution in [2.75, 3.05) is 19.7 Å². The highest BCUT2D eigenvalue weighted by Crippen LogP contribution is 2.54. The number of amides is 1. The predicted octanol–water partition coefficient (Wildman–Crippen LogP) is 0.340. The molecule has 3 atom stereocenters. The highest BCUT2D eigenvalue weighted by Gasteiger charge is 2.64. The molecule has 1 aliphatic heterocycles. The number of alkyl carbamates (subject to hydrolysis) is 1. The van der Waals surface area contributed by atoms with Crippen molar-refractivity contribution in [3.63, 3.8) is 0 Å². The molecule has 2 aliphatic rings. The number of fused-ring (bicyclic) bond motifs is 1. The van der Waals surface area contributed by atoms with Gasteiger partial charge < -0.3 is 15.4 Å². The lowest BCUT2D eigenvalue weighted by Gasteiger charge is -2.10. The monoisotopic (exact) mass is 184 g/mol. The molecule has 2 rings (SSSR count). The second-order valence-electron chi connectivity index (χ2n) is 4.09. The van der Waals surface area contributed by atoms with Crippen molar-refractivity contribution in [1.82, 2.24) is 10.6 Å². The smallest absolute Gasteiger partial charge is 0.407 e. The summed E-state index contributed by atoms with van der Waals surface area (Å²) >= 11 is 0. The van der Waals surface area contributed by atoms with Crippen LogP contribution in [0.15, 0.2) is 0 Å². The molecule has 1 saturated heterocycles. The second-order valence-corrected chi connectivity index (χ2v) is 4.09. The Kier molecular flexibility index (Phi) is 1.95. The first-order chi connectivity index (χ1) is 6.18. The molecule has 2 fully saturated rings. The van der Waals surface area contributed by atoms with Gasteiger partial charge in [-0.25, -0.2) is 4.79 Å². The minimum Gasteiger partial charge on any atom is -0.450 e. The number of hydrogen-bond acceptors (Lipinski definition) is 3. The molecule has 0 bridgehead atoms. The van der Waals surface area contributed by atoms with Crippen LogP contribution in [-0.4, -0.2) is 31.8 Å². The molecule has 1 aliphatic carbocycles. The van der Waals surface area contributed by atoms with E-state index in [1.807, 2.05) is 6.92 Å². The van der Waals surface area contributed by atoms with Crippen LogP contribution in [0.25, 0.3) is 0 Å². The lowest BCUT2D eigenvalue weighted by Crippen LogP contribution is -2.35. The van der Waals surface area contributed by atoms with Crippen LogP contribution >= 0.6 is 0 Å². The highest BCUT2D eigenvalue weighted by atomic mass is 16.5. The molecule has 0 aromatic heterocycles. The van der Waals surface area contributed by atoms with Crippen molar-refractivity contribution < 1.29 is 9.53 Å². The van der Waals surface area contributed by atoms with Crippen molar-refractivity contribution >= 4 is 6.09 Å². The Bertz CT molecular complexity index is 232. The van der Waals surface area contributed by atoms with Gasteiger partial charge in [0.15, 0.2) is 0 Å². The van der Waals surface area contributed by atoms with Crippen molar-refractivity contribution in [3.05, 3.63) is 0 Å². The summed E-state index contributed by atoms with van der Waals surface area (Å²) in [6.07, 6.45) is -0.275. The van der Waals surface area contributed by atoms with Gasteiger partial charge in [-0.1, -0.05) is 6.92 Å². The minimum absolute atomic E-state index is 0.275. The second kappa shape index (κ2) is 2.87. The number of rotatable bonds is 2. The van der Waals surface area contributed by atoms with Gasteiger partial charge in [0.2, 0.25) is 0 Å². The van der Waals surface area contributed by atoms with Crippen molar-refractivity contribution in [1.29, 1.82) is 0 Å². The summed E-state index contributed by atoms with van der Waals surface area (Å²) in [5.41, 5.74) is 0.284. The van der Waals surface area contributed by atoms with Gasteiger partial charge in [0.05, 0.1) is 6.61 Å². The van der Waals surface area contributed by atoms with Crippen molar-refractivity contribution in [2.45, 2.75) is 19.9 Å². The largest absolute Gasteiger partial charge is 0.450 e. The zero-order valence-electron chi connectivity index (χ0n) is 8.09. The Morgan fingerprint density at radius 3 is 3.08 bits per heavy atom. The molecule has 1 saturated carbocycles. The van der Waals surface area contributed by atoms with Gasteiger partial charge in [0, 0.05) is 30.5 Å². The van der Waals surface area contributed by atoms with Gasteiger partial charge in [-0.2, -0.15) is 0 Å². The Balaban J connectivity index is 1.83. The summed E-state index contributed by atoms with van der Waals surface area (Å²) < 4.78 is 4.83. The Morgan fingerprint density at radius 2 is 2.54 bits per heavy atom. The third-order valence-corrected chi connectivity index (χ3v) is 3.27. The first-order valence-electron chi connectivity index (χ1n) is 4.82. The summed E-state index contributed by atoms with van der Waals surface area (Å²) in [5, 5.41) is 6.20. The quantitative estimate of drug-likeness (QED) is 0.650. The van der Waals surface area contributed by atoms with E-state index in [1.54, 1.807) is 0 Å². The molecule has 0 radical (unpaired) electrons. The van der Waals surface area contributed by atoms with Gasteiger partial charge in [-0.3, -0.25) is 0 Å². The molecule has 0 unspecified atom stereocenters. The van der Waals surface area contributed by atoms with E-state index in [1.165, 1.54) is 0 Å². The van der Waals surface area contributed by atoms with Crippen LogP contribution in [0.2, 0.25) is 0 Å². The number of piperidine rings is 1. The van der Waals surface area contributed by atoms with Gasteiger partial charge in [0.1, 0.15) is 0 Å². The molecular weight excluding hydrogens is 168 g/mol. The summed E-state index contributed by atoms with van der Waals surface area (Å²) in [5.74, 6) is 0.608. The normalized spacial score (nSPS) is 41.1. The topological polar surface area (TPSA) is 50.4 Å². The standard InChI is InChI=1S/C9H16N2O2/c1-3-13-8(12)11-7-6-4-10-5-9(6,7)2/h6-7,10H,3-5H2,1-2H3,(H,11,12)/t6-,7-,9-/m1/s1. The van der Waals surface area contributed by atoms with E-state index in [2.05, 4.69) is 17.6 Å². The van der Waals surface area contributed by atoms with Crippen LogP contribution in [0.5, 0.6) is 0 Å². The number of carbonyl (C=O) groups excluding carboxylic acids is 1. The molecule has 1 heterocycles. The van der Waals surface area contributed by atoms with E-state index in [-0.39, 0.29) is 11.5 Å². The fraction of sp³-hybridized carbons (Fsp3) is 0.889. The molecule has 0 spiro atoms. The van der Waals surface area contributed by atoms with E-state index >= 15 is 0 Å². The van der Waals surface area contributed by atoms with Crippen LogP contribution in [-0.2, 0) is 4.74 Å². The zero-order valence-corrected chi connectivity index (χ0v) is 8.09. The lowest BCUT2D eigenvalue weighted by molar-refractivity contribution is 0.149. The third kappa shape index (κ3) is 1.29. The van der Waals surface area contributed by atoms with Crippen LogP contribution < -0.4 is 10.6 Å². The van der Waals surface area contributed by atoms with Crippen LogP contribution in [0, 0.1) is 11.3 Å². The van der Waals surface area contributed by atoms with E-state index in [0.717, 1.165) is 13.1 Å². The Labute approximate surface area is 78.0 Å². The maximum Gasteiger partial charge on any atom is 0.407 e. The van der Waals surface area contributed by atoms with E-state index in [0.29, 0.717) is 18.6 Å². The number of ether oxygens (including phenoxy) is 1. The molecule has 4 nitrogen and oxygen atoms in total. The van der Waals surface area contributed by atoms with Crippen molar-refractivity contribution in [3.8, 4) is 0 Å². The maximum absolute atomic E-state index is 11.1. The summed E-state index contributed by atoms with van der Waals surface area (Å²) in [6.45, 7) is 6.49. The highest BCUT2D eigenvalue weighted by molar-refractivity contribution is 5.68. The average molecular weight is 184 g/mol. The molecule has 13 heavy (non-hydrogen) atoms. The van der Waals surface area contributed by atoms with Crippen LogP contribution in [0.1, 0.15) is 13.8 Å². The fourth-order valence-electron chi connectivity index (χ4n) is 2.32. The lowest BCUT2D eigenvalue weighted by atomic mass is 10.1. The average Bonchev–Trinajstić information content (AvgIpc) is 2.46. The predicted molar refractivity (Wildman–Crippen MR) is 48.4 cm³/mol. The number of hydrogen-bond donors (Lipinski definition) is 2. The maximum atomic E-state index is 11.1. The molecule has 2 N–H and O–H groups in total. The van der Waals surface area contributed by atoms with Crippen LogP contribution in [0.3, 0.4) is 0 Å². The first kappa shape index (κ1) is 8.81. The molecule has 74 valence electrons. The fourth-order valence-corrected chi connectivity index (χ4v) is 2.32. The zero-order chi connectivity index (χ0) is 9.47. The van der Waals surface area contributed by atoms with Gasteiger partial charge in [0.25, 0.3) is 0 Å². The molecule has 0 aromatic rings. The summed E-state index contributed by atoms with van der Waals surface area (Å²) in [6, 6.07) is 0.327. The number of carbonyl (C=O) groups is 1. The summed E-state index contributed by atoms with van der Waals surface area (Å²) in [7, 11) is 0. The summed E-state index contributed by atoms with van der Waals surface area (Å²) in [4.78, 5) is 11.1. The molecule has 0 aromatic carbocycles. The van der Waals surface area contributed by atoms with Crippen molar-refractivity contribution in [2.24, 2.45) is 11.3 Å². The van der Waals surface area contributed by atoms with Gasteiger partial charge in [-0.15, -0.1) is 0 Å². The van der Waals surface area contributed by atoms with E-state index < -0.39 is 0 Å². The SMILES string of the molecule is CCOC(=O)N[C@@H]1[C@H]2CNC[C@]21C. The first-order valence-corrected chi connectivity index (χ1v) is 4.82. The van der Waals surface area contributed by atoms with Crippen LogP contribution in [0.4, 0.5) is 4.79 Å². The van der Waals surface area contributed by atoms with E-state index in [9.17, 15) is 4.79 Å². The number of nitrogens with one attached hydrogen (secondary N) is 2. The third-order valence-electron chi connectivity index (χ3n) is 3.27. The van der Waals surface area contributed by atoms with Gasteiger partial charge >= 0.3 is 6.09 Å². The molecular formula is C9H16N2O2.